The highest BCUT2D eigenvalue weighted by Crippen LogP contribution is 2.32. The Bertz CT molecular complexity index is 315. The molecule has 0 aliphatic heterocycles. The van der Waals surface area contributed by atoms with E-state index in [0.717, 1.165) is 0 Å². The molecule has 1 aromatic rings. The van der Waals surface area contributed by atoms with Gasteiger partial charge in [0.2, 0.25) is 0 Å². The molecule has 2 unspecified atom stereocenters. The number of aromatic nitrogens is 1. The summed E-state index contributed by atoms with van der Waals surface area (Å²) in [5.74, 6) is -0.946. The Morgan fingerprint density at radius 1 is 1.62 bits per heavy atom. The first-order chi connectivity index (χ1) is 6.07. The molecule has 0 spiro atoms. The normalized spacial score (nSPS) is 12.9. The van der Waals surface area contributed by atoms with E-state index in [1.54, 1.807) is 6.92 Å². The van der Waals surface area contributed by atoms with Gasteiger partial charge in [-0.05, 0) is 6.92 Å². The van der Waals surface area contributed by atoms with Crippen molar-refractivity contribution >= 4 is 9.24 Å². The predicted molar refractivity (Wildman–Crippen MR) is 51.2 cm³/mol. The van der Waals surface area contributed by atoms with Gasteiger partial charge < -0.3 is 15.3 Å². The summed E-state index contributed by atoms with van der Waals surface area (Å²) >= 11 is 0. The van der Waals surface area contributed by atoms with Gasteiger partial charge in [-0.2, -0.15) is 0 Å². The van der Waals surface area contributed by atoms with Crippen LogP contribution in [0.2, 0.25) is 0 Å². The molecule has 0 fully saturated rings. The third kappa shape index (κ3) is 1.97. The third-order valence-corrected chi connectivity index (χ3v) is 2.16. The maximum atomic E-state index is 9.53. The summed E-state index contributed by atoms with van der Waals surface area (Å²) in [7, 11) is 2.15. The van der Waals surface area contributed by atoms with Gasteiger partial charge in [-0.25, -0.2) is 0 Å². The van der Waals surface area contributed by atoms with Crippen molar-refractivity contribution in [3.63, 3.8) is 0 Å². The Kier molecular flexibility index (Phi) is 3.20. The maximum absolute atomic E-state index is 9.53. The number of hydrogen-bond acceptors (Lipinski definition) is 4. The molecule has 72 valence electrons. The van der Waals surface area contributed by atoms with Crippen LogP contribution in [0.1, 0.15) is 22.7 Å². The zero-order valence-electron chi connectivity index (χ0n) is 7.23. The fraction of sp³-hybridized carbons (Fsp3) is 0.375. The van der Waals surface area contributed by atoms with Crippen LogP contribution in [0.25, 0.3) is 0 Å². The molecule has 1 rings (SSSR count). The molecule has 0 bridgehead atoms. The van der Waals surface area contributed by atoms with Gasteiger partial charge in [0.25, 0.3) is 0 Å². The number of pyridine rings is 1. The highest BCUT2D eigenvalue weighted by molar-refractivity contribution is 7.16. The van der Waals surface area contributed by atoms with E-state index in [1.807, 2.05) is 0 Å². The van der Waals surface area contributed by atoms with Crippen molar-refractivity contribution in [3.8, 4) is 5.75 Å². The Morgan fingerprint density at radius 2 is 2.23 bits per heavy atom. The second-order valence-corrected chi connectivity index (χ2v) is 3.37. The molecule has 4 nitrogen and oxygen atoms in total. The number of aromatic hydroxyl groups is 1. The number of aliphatic hydroxyl groups excluding tert-OH is 2. The minimum Gasteiger partial charge on any atom is -0.506 e. The average Bonchev–Trinajstić information content (AvgIpc) is 2.08. The highest BCUT2D eigenvalue weighted by Gasteiger charge is 2.15. The van der Waals surface area contributed by atoms with E-state index in [-0.39, 0.29) is 12.4 Å². The van der Waals surface area contributed by atoms with Crippen molar-refractivity contribution in [2.24, 2.45) is 0 Å². The van der Waals surface area contributed by atoms with Gasteiger partial charge in [-0.15, -0.1) is 9.24 Å². The van der Waals surface area contributed by atoms with Gasteiger partial charge in [0.05, 0.1) is 18.1 Å². The molecule has 0 aliphatic carbocycles. The molecule has 0 aromatic carbocycles. The molecule has 3 N–H and O–H groups in total. The lowest BCUT2D eigenvalue weighted by molar-refractivity contribution is 0.246. The summed E-state index contributed by atoms with van der Waals surface area (Å²) in [5.41, 5.74) is 1.19. The number of aryl methyl sites for hydroxylation is 1. The topological polar surface area (TPSA) is 73.6 Å². The predicted octanol–water partition coefficient (Wildman–Crippen LogP) is 0.454. The van der Waals surface area contributed by atoms with Crippen LogP contribution in [0.4, 0.5) is 0 Å². The van der Waals surface area contributed by atoms with Gasteiger partial charge in [0, 0.05) is 17.3 Å². The van der Waals surface area contributed by atoms with E-state index >= 15 is 0 Å². The second-order valence-electron chi connectivity index (χ2n) is 2.73. The molecule has 1 heterocycles. The van der Waals surface area contributed by atoms with Gasteiger partial charge >= 0.3 is 0 Å². The van der Waals surface area contributed by atoms with E-state index in [9.17, 15) is 10.2 Å². The molecule has 13 heavy (non-hydrogen) atoms. The van der Waals surface area contributed by atoms with Crippen LogP contribution in [0.5, 0.6) is 5.75 Å². The Balaban J connectivity index is 3.32. The fourth-order valence-electron chi connectivity index (χ4n) is 1.11. The molecule has 5 heteroatoms. The first-order valence-corrected chi connectivity index (χ1v) is 4.46. The molecule has 0 radical (unpaired) electrons. The van der Waals surface area contributed by atoms with Crippen LogP contribution in [-0.4, -0.2) is 20.3 Å². The molecule has 0 amide bonds. The minimum atomic E-state index is -0.885. The summed E-state index contributed by atoms with van der Waals surface area (Å²) in [4.78, 5) is 3.86. The Labute approximate surface area is 78.5 Å². The molecule has 0 saturated heterocycles. The number of aliphatic hydroxyl groups is 2. The first-order valence-electron chi connectivity index (χ1n) is 3.79. The summed E-state index contributed by atoms with van der Waals surface area (Å²) in [6.45, 7) is 1.38. The van der Waals surface area contributed by atoms with Crippen molar-refractivity contribution < 1.29 is 15.3 Å². The molecule has 1 aromatic heterocycles. The molecule has 0 saturated carbocycles. The van der Waals surface area contributed by atoms with Gasteiger partial charge in [0.15, 0.2) is 0 Å². The van der Waals surface area contributed by atoms with Crippen LogP contribution in [0.3, 0.4) is 0 Å². The van der Waals surface area contributed by atoms with Crippen molar-refractivity contribution in [3.05, 3.63) is 23.0 Å². The van der Waals surface area contributed by atoms with Crippen LogP contribution in [0, 0.1) is 6.92 Å². The maximum Gasteiger partial charge on any atom is 0.143 e. The fourth-order valence-corrected chi connectivity index (χ4v) is 1.48. The summed E-state index contributed by atoms with van der Waals surface area (Å²) in [5, 5.41) is 27.7. The number of nitrogens with zero attached hydrogens (tertiary/aromatic N) is 1. The monoisotopic (exact) mass is 201 g/mol. The van der Waals surface area contributed by atoms with Crippen molar-refractivity contribution in [2.75, 3.05) is 0 Å². The van der Waals surface area contributed by atoms with Crippen LogP contribution in [0.15, 0.2) is 6.20 Å². The molecule has 0 aliphatic rings. The first kappa shape index (κ1) is 10.4. The standard InChI is InChI=1S/C8H12NO3P/c1-4-7(11)6(8(12)13)5(3-10)2-9-4/h2,8,10-12H,3,13H2,1H3. The number of rotatable bonds is 2. The molecular weight excluding hydrogens is 189 g/mol. The lowest BCUT2D eigenvalue weighted by atomic mass is 10.1. The quantitative estimate of drug-likeness (QED) is 0.607. The van der Waals surface area contributed by atoms with E-state index in [2.05, 4.69) is 14.2 Å². The van der Waals surface area contributed by atoms with Gasteiger partial charge in [-0.1, -0.05) is 0 Å². The van der Waals surface area contributed by atoms with E-state index in [4.69, 9.17) is 5.11 Å². The van der Waals surface area contributed by atoms with Gasteiger partial charge in [-0.3, -0.25) is 4.98 Å². The zero-order chi connectivity index (χ0) is 10.0. The summed E-state index contributed by atoms with van der Waals surface area (Å²) in [6.07, 6.45) is 1.44. The number of hydrogen-bond donors (Lipinski definition) is 3. The molecule has 2 atom stereocenters. The van der Waals surface area contributed by atoms with Crippen LogP contribution in [-0.2, 0) is 6.61 Å². The van der Waals surface area contributed by atoms with E-state index < -0.39 is 5.85 Å². The smallest absolute Gasteiger partial charge is 0.143 e. The Morgan fingerprint density at radius 3 is 2.69 bits per heavy atom. The highest BCUT2D eigenvalue weighted by atomic mass is 31.0. The SMILES string of the molecule is Cc1ncc(CO)c(C(O)P)c1O. The van der Waals surface area contributed by atoms with Crippen molar-refractivity contribution in [1.29, 1.82) is 0 Å². The van der Waals surface area contributed by atoms with E-state index in [1.165, 1.54) is 6.20 Å². The summed E-state index contributed by atoms with van der Waals surface area (Å²) < 4.78 is 0. The van der Waals surface area contributed by atoms with Crippen molar-refractivity contribution in [2.45, 2.75) is 19.4 Å². The Hall–Kier alpha value is -0.700. The van der Waals surface area contributed by atoms with Crippen molar-refractivity contribution in [1.82, 2.24) is 4.98 Å². The zero-order valence-corrected chi connectivity index (χ0v) is 8.38. The summed E-state index contributed by atoms with van der Waals surface area (Å²) in [6, 6.07) is 0. The lowest BCUT2D eigenvalue weighted by Crippen LogP contribution is -2.00. The second kappa shape index (κ2) is 4.01. The third-order valence-electron chi connectivity index (χ3n) is 1.82. The van der Waals surface area contributed by atoms with E-state index in [0.29, 0.717) is 16.8 Å². The van der Waals surface area contributed by atoms with Gasteiger partial charge in [0.1, 0.15) is 5.75 Å². The average molecular weight is 201 g/mol. The largest absolute Gasteiger partial charge is 0.506 e. The van der Waals surface area contributed by atoms with Crippen LogP contribution >= 0.6 is 9.24 Å². The minimum absolute atomic E-state index is 0.0611. The van der Waals surface area contributed by atoms with Crippen LogP contribution < -0.4 is 0 Å². The lowest BCUT2D eigenvalue weighted by Gasteiger charge is -2.12. The molecular formula is C8H12NO3P.